The predicted octanol–water partition coefficient (Wildman–Crippen LogP) is 3.77. The van der Waals surface area contributed by atoms with Gasteiger partial charge in [-0.15, -0.1) is 0 Å². The van der Waals surface area contributed by atoms with E-state index in [1.165, 1.54) is 6.08 Å². The number of nitriles is 1. The van der Waals surface area contributed by atoms with Crippen molar-refractivity contribution in [1.82, 2.24) is 5.32 Å². The molecule has 0 aromatic heterocycles. The third-order valence-electron chi connectivity index (χ3n) is 4.83. The van der Waals surface area contributed by atoms with Crippen LogP contribution in [0.2, 0.25) is 0 Å². The van der Waals surface area contributed by atoms with Crippen molar-refractivity contribution in [2.75, 3.05) is 19.8 Å². The molecule has 7 heteroatoms. The lowest BCUT2D eigenvalue weighted by Gasteiger charge is -2.21. The molecule has 0 saturated heterocycles. The highest BCUT2D eigenvalue weighted by Gasteiger charge is 2.35. The van der Waals surface area contributed by atoms with Crippen LogP contribution in [0.25, 0.3) is 6.08 Å². The number of ether oxygens (including phenoxy) is 3. The van der Waals surface area contributed by atoms with Gasteiger partial charge in [0.15, 0.2) is 18.1 Å². The molecule has 1 aromatic rings. The van der Waals surface area contributed by atoms with E-state index >= 15 is 0 Å². The van der Waals surface area contributed by atoms with Crippen LogP contribution in [-0.2, 0) is 14.3 Å². The summed E-state index contributed by atoms with van der Waals surface area (Å²) in [6, 6.07) is 7.58. The maximum atomic E-state index is 12.0. The molecule has 1 saturated carbocycles. The van der Waals surface area contributed by atoms with E-state index in [0.29, 0.717) is 37.6 Å². The maximum Gasteiger partial charge on any atom is 0.331 e. The van der Waals surface area contributed by atoms with E-state index < -0.39 is 24.0 Å². The number of hydrogen-bond acceptors (Lipinski definition) is 6. The SMILES string of the molecule is CCCCOc1ccc(/C=C/C(=O)OCC(=O)NC2(C#N)CCCC2)cc1OCC. The second-order valence-corrected chi connectivity index (χ2v) is 7.23. The summed E-state index contributed by atoms with van der Waals surface area (Å²) in [6.45, 7) is 4.69. The number of esters is 1. The fourth-order valence-corrected chi connectivity index (χ4v) is 3.24. The van der Waals surface area contributed by atoms with Gasteiger partial charge >= 0.3 is 5.97 Å². The normalized spacial score (nSPS) is 14.8. The summed E-state index contributed by atoms with van der Waals surface area (Å²) in [5.74, 6) is 0.179. The summed E-state index contributed by atoms with van der Waals surface area (Å²) < 4.78 is 16.4. The number of benzene rings is 1. The van der Waals surface area contributed by atoms with Gasteiger partial charge in [0.2, 0.25) is 0 Å². The monoisotopic (exact) mass is 414 g/mol. The van der Waals surface area contributed by atoms with Crippen LogP contribution in [0.4, 0.5) is 0 Å². The lowest BCUT2D eigenvalue weighted by Crippen LogP contribution is -2.46. The van der Waals surface area contributed by atoms with Crippen LogP contribution in [0.3, 0.4) is 0 Å². The molecular weight excluding hydrogens is 384 g/mol. The van der Waals surface area contributed by atoms with Crippen LogP contribution >= 0.6 is 0 Å². The highest BCUT2D eigenvalue weighted by molar-refractivity contribution is 5.89. The van der Waals surface area contributed by atoms with Gasteiger partial charge in [0.05, 0.1) is 19.3 Å². The fraction of sp³-hybridized carbons (Fsp3) is 0.522. The Hall–Kier alpha value is -3.01. The van der Waals surface area contributed by atoms with Crippen molar-refractivity contribution in [1.29, 1.82) is 5.26 Å². The molecule has 0 radical (unpaired) electrons. The zero-order valence-corrected chi connectivity index (χ0v) is 17.7. The van der Waals surface area contributed by atoms with Crippen molar-refractivity contribution in [2.45, 2.75) is 57.9 Å². The summed E-state index contributed by atoms with van der Waals surface area (Å²) in [5, 5.41) is 12.0. The zero-order chi connectivity index (χ0) is 21.8. The Morgan fingerprint density at radius 3 is 2.63 bits per heavy atom. The van der Waals surface area contributed by atoms with Crippen LogP contribution in [0.15, 0.2) is 24.3 Å². The molecule has 0 spiro atoms. The molecule has 1 aliphatic rings. The minimum atomic E-state index is -0.823. The summed E-state index contributed by atoms with van der Waals surface area (Å²) in [5.41, 5.74) is -0.0762. The first kappa shape index (κ1) is 23.3. The van der Waals surface area contributed by atoms with Crippen LogP contribution in [0.5, 0.6) is 11.5 Å². The molecule has 1 fully saturated rings. The van der Waals surface area contributed by atoms with Gasteiger partial charge in [0, 0.05) is 6.08 Å². The third kappa shape index (κ3) is 7.11. The Kier molecular flexibility index (Phi) is 9.20. The molecule has 7 nitrogen and oxygen atoms in total. The number of amides is 1. The largest absolute Gasteiger partial charge is 0.490 e. The topological polar surface area (TPSA) is 97.6 Å². The number of unbranched alkanes of at least 4 members (excludes halogenated alkanes) is 1. The van der Waals surface area contributed by atoms with Crippen molar-refractivity contribution in [3.8, 4) is 17.6 Å². The van der Waals surface area contributed by atoms with Crippen molar-refractivity contribution in [3.05, 3.63) is 29.8 Å². The molecule has 0 heterocycles. The van der Waals surface area contributed by atoms with Gasteiger partial charge < -0.3 is 19.5 Å². The van der Waals surface area contributed by atoms with Crippen LogP contribution in [0.1, 0.15) is 57.9 Å². The van der Waals surface area contributed by atoms with Crippen LogP contribution in [0, 0.1) is 11.3 Å². The predicted molar refractivity (Wildman–Crippen MR) is 113 cm³/mol. The third-order valence-corrected chi connectivity index (χ3v) is 4.83. The van der Waals surface area contributed by atoms with Gasteiger partial charge in [0.1, 0.15) is 5.54 Å². The summed E-state index contributed by atoms with van der Waals surface area (Å²) in [7, 11) is 0. The lowest BCUT2D eigenvalue weighted by atomic mass is 10.00. The minimum absolute atomic E-state index is 0.416. The molecule has 1 amide bonds. The average Bonchev–Trinajstić information content (AvgIpc) is 3.21. The number of rotatable bonds is 11. The fourth-order valence-electron chi connectivity index (χ4n) is 3.24. The highest BCUT2D eigenvalue weighted by Crippen LogP contribution is 2.30. The molecule has 2 rings (SSSR count). The molecular formula is C23H30N2O5. The van der Waals surface area contributed by atoms with Gasteiger partial charge in [0.25, 0.3) is 5.91 Å². The van der Waals surface area contributed by atoms with E-state index in [-0.39, 0.29) is 0 Å². The Morgan fingerprint density at radius 1 is 1.20 bits per heavy atom. The van der Waals surface area contributed by atoms with E-state index in [0.717, 1.165) is 31.2 Å². The molecule has 30 heavy (non-hydrogen) atoms. The number of hydrogen-bond donors (Lipinski definition) is 1. The van der Waals surface area contributed by atoms with Crippen molar-refractivity contribution < 1.29 is 23.8 Å². The molecule has 1 aliphatic carbocycles. The highest BCUT2D eigenvalue weighted by atomic mass is 16.5. The van der Waals surface area contributed by atoms with E-state index in [9.17, 15) is 14.9 Å². The lowest BCUT2D eigenvalue weighted by molar-refractivity contribution is -0.144. The standard InChI is InChI=1S/C23H30N2O5/c1-3-5-14-29-19-10-8-18(15-20(19)28-4-2)9-11-22(27)30-16-21(26)25-23(17-24)12-6-7-13-23/h8-11,15H,3-7,12-14,16H2,1-2H3,(H,25,26)/b11-9+. The second kappa shape index (κ2) is 11.9. The first-order valence-corrected chi connectivity index (χ1v) is 10.5. The van der Waals surface area contributed by atoms with E-state index in [2.05, 4.69) is 18.3 Å². The van der Waals surface area contributed by atoms with Crippen molar-refractivity contribution >= 4 is 18.0 Å². The quantitative estimate of drug-likeness (QED) is 0.336. The first-order valence-electron chi connectivity index (χ1n) is 10.5. The zero-order valence-electron chi connectivity index (χ0n) is 17.7. The molecule has 0 atom stereocenters. The molecule has 1 aromatic carbocycles. The molecule has 0 bridgehead atoms. The van der Waals surface area contributed by atoms with Gasteiger partial charge in [-0.05, 0) is 62.8 Å². The van der Waals surface area contributed by atoms with Crippen LogP contribution < -0.4 is 14.8 Å². The summed E-state index contributed by atoms with van der Waals surface area (Å²) in [4.78, 5) is 24.0. The van der Waals surface area contributed by atoms with E-state index in [1.54, 1.807) is 12.1 Å². The number of nitrogens with one attached hydrogen (secondary N) is 1. The summed E-state index contributed by atoms with van der Waals surface area (Å²) in [6.07, 6.45) is 7.92. The Bertz CT molecular complexity index is 791. The molecule has 1 N–H and O–H groups in total. The Balaban J connectivity index is 1.88. The minimum Gasteiger partial charge on any atom is -0.490 e. The molecule has 0 aliphatic heterocycles. The maximum absolute atomic E-state index is 12.0. The summed E-state index contributed by atoms with van der Waals surface area (Å²) >= 11 is 0. The van der Waals surface area contributed by atoms with Gasteiger partial charge in [-0.25, -0.2) is 4.79 Å². The van der Waals surface area contributed by atoms with Gasteiger partial charge in [-0.1, -0.05) is 19.4 Å². The van der Waals surface area contributed by atoms with E-state index in [1.807, 2.05) is 19.1 Å². The van der Waals surface area contributed by atoms with Crippen molar-refractivity contribution in [2.24, 2.45) is 0 Å². The van der Waals surface area contributed by atoms with Crippen molar-refractivity contribution in [3.63, 3.8) is 0 Å². The smallest absolute Gasteiger partial charge is 0.331 e. The van der Waals surface area contributed by atoms with Gasteiger partial charge in [-0.2, -0.15) is 5.26 Å². The number of carbonyl (C=O) groups excluding carboxylic acids is 2. The van der Waals surface area contributed by atoms with Crippen LogP contribution in [-0.4, -0.2) is 37.2 Å². The average molecular weight is 415 g/mol. The molecule has 162 valence electrons. The van der Waals surface area contributed by atoms with E-state index in [4.69, 9.17) is 14.2 Å². The Labute approximate surface area is 178 Å². The molecule has 0 unspecified atom stereocenters. The van der Waals surface area contributed by atoms with Gasteiger partial charge in [-0.3, -0.25) is 4.79 Å². The Morgan fingerprint density at radius 2 is 1.97 bits per heavy atom. The second-order valence-electron chi connectivity index (χ2n) is 7.23. The number of nitrogens with zero attached hydrogens (tertiary/aromatic N) is 1. The first-order chi connectivity index (χ1) is 14.5. The number of carbonyl (C=O) groups is 2.